The number of aliphatic hydroxyl groups is 2. The van der Waals surface area contributed by atoms with E-state index in [0.29, 0.717) is 12.8 Å². The molecule has 3 atom stereocenters. The van der Waals surface area contributed by atoms with Gasteiger partial charge in [-0.25, -0.2) is 4.57 Å². The van der Waals surface area contributed by atoms with E-state index in [9.17, 15) is 24.2 Å². The van der Waals surface area contributed by atoms with E-state index in [1.165, 1.54) is 161 Å². The molecule has 0 saturated heterocycles. The summed E-state index contributed by atoms with van der Waals surface area (Å²) in [4.78, 5) is 35.1. The maximum atomic E-state index is 12.6. The molecule has 0 fully saturated rings. The van der Waals surface area contributed by atoms with E-state index in [2.05, 4.69) is 26.0 Å². The first kappa shape index (κ1) is 55.7. The Kier molecular flexibility index (Phi) is 41.9. The second-order valence-electron chi connectivity index (χ2n) is 16.1. The predicted octanol–water partition coefficient (Wildman–Crippen LogP) is 12.8. The van der Waals surface area contributed by atoms with Gasteiger partial charge in [-0.15, -0.1) is 0 Å². The summed E-state index contributed by atoms with van der Waals surface area (Å²) >= 11 is 0. The minimum Gasteiger partial charge on any atom is -0.462 e. The van der Waals surface area contributed by atoms with Crippen molar-refractivity contribution in [1.82, 2.24) is 0 Å². The zero-order valence-corrected chi connectivity index (χ0v) is 37.7. The van der Waals surface area contributed by atoms with Gasteiger partial charge in [-0.05, 0) is 38.5 Å². The standard InChI is InChI=1S/C46H89O10P/c1-3-5-7-9-11-13-15-17-19-21-23-25-27-29-31-33-35-37-45(49)53-41-44(42-55-57(51,52)54-40-43(48)39-47)56-46(50)38-36-34-32-30-28-26-24-22-20-18-16-14-12-10-8-6-4-2/h14,16,43-44,47-48H,3-13,15,17-42H2,1-2H3,(H,51,52)/b16-14+/t43-,44+/m0/s1. The molecular weight excluding hydrogens is 743 g/mol. The van der Waals surface area contributed by atoms with Crippen LogP contribution in [0.15, 0.2) is 12.2 Å². The van der Waals surface area contributed by atoms with Crippen LogP contribution < -0.4 is 0 Å². The van der Waals surface area contributed by atoms with E-state index < -0.39 is 51.8 Å². The maximum Gasteiger partial charge on any atom is 0.472 e. The topological polar surface area (TPSA) is 149 Å². The minimum absolute atomic E-state index is 0.186. The van der Waals surface area contributed by atoms with E-state index in [0.717, 1.165) is 32.1 Å². The number of unbranched alkanes of at least 4 members (excludes halogenated alkanes) is 29. The highest BCUT2D eigenvalue weighted by Crippen LogP contribution is 2.43. The summed E-state index contributed by atoms with van der Waals surface area (Å²) in [6.07, 6.45) is 41.7. The molecule has 11 heteroatoms. The quantitative estimate of drug-likeness (QED) is 0.0234. The summed E-state index contributed by atoms with van der Waals surface area (Å²) in [5, 5.41) is 18.4. The van der Waals surface area contributed by atoms with Crippen LogP contribution in [0.4, 0.5) is 0 Å². The van der Waals surface area contributed by atoms with Crippen molar-refractivity contribution in [2.24, 2.45) is 0 Å². The molecule has 10 nitrogen and oxygen atoms in total. The van der Waals surface area contributed by atoms with Gasteiger partial charge in [-0.1, -0.05) is 193 Å². The number of carbonyl (C=O) groups excluding carboxylic acids is 2. The molecule has 57 heavy (non-hydrogen) atoms. The number of rotatable bonds is 45. The summed E-state index contributed by atoms with van der Waals surface area (Å²) in [6.45, 7) is 2.41. The Morgan fingerprint density at radius 1 is 0.509 bits per heavy atom. The molecule has 0 aromatic carbocycles. The van der Waals surface area contributed by atoms with E-state index in [-0.39, 0.29) is 19.4 Å². The molecule has 0 aromatic heterocycles. The van der Waals surface area contributed by atoms with Gasteiger partial charge < -0.3 is 24.6 Å². The van der Waals surface area contributed by atoms with E-state index in [4.69, 9.17) is 23.6 Å². The van der Waals surface area contributed by atoms with Crippen LogP contribution in [0.5, 0.6) is 0 Å². The number of hydrogen-bond acceptors (Lipinski definition) is 9. The summed E-state index contributed by atoms with van der Waals surface area (Å²) in [5.74, 6) is -0.913. The van der Waals surface area contributed by atoms with Crippen LogP contribution >= 0.6 is 7.82 Å². The number of carbonyl (C=O) groups is 2. The number of allylic oxidation sites excluding steroid dienone is 2. The van der Waals surface area contributed by atoms with Crippen molar-refractivity contribution in [3.63, 3.8) is 0 Å². The molecular formula is C46H89O10P. The van der Waals surface area contributed by atoms with Crippen LogP contribution in [0.3, 0.4) is 0 Å². The Morgan fingerprint density at radius 2 is 0.860 bits per heavy atom. The number of esters is 2. The van der Waals surface area contributed by atoms with Crippen molar-refractivity contribution >= 4 is 19.8 Å². The highest BCUT2D eigenvalue weighted by Gasteiger charge is 2.27. The number of ether oxygens (including phenoxy) is 2. The molecule has 0 bridgehead atoms. The van der Waals surface area contributed by atoms with Crippen LogP contribution in [0.2, 0.25) is 0 Å². The average Bonchev–Trinajstić information content (AvgIpc) is 3.20. The Hall–Kier alpha value is -1.29. The van der Waals surface area contributed by atoms with Gasteiger partial charge in [0, 0.05) is 12.8 Å². The van der Waals surface area contributed by atoms with Gasteiger partial charge in [0.15, 0.2) is 6.10 Å². The summed E-state index contributed by atoms with van der Waals surface area (Å²) in [7, 11) is -4.61. The van der Waals surface area contributed by atoms with Gasteiger partial charge in [0.05, 0.1) is 19.8 Å². The van der Waals surface area contributed by atoms with Crippen molar-refractivity contribution in [3.8, 4) is 0 Å². The molecule has 0 aliphatic heterocycles. The molecule has 0 spiro atoms. The second kappa shape index (κ2) is 42.8. The molecule has 0 aliphatic carbocycles. The smallest absolute Gasteiger partial charge is 0.462 e. The molecule has 0 heterocycles. The number of phosphoric ester groups is 1. The van der Waals surface area contributed by atoms with Gasteiger partial charge in [-0.2, -0.15) is 0 Å². The maximum absolute atomic E-state index is 12.6. The summed E-state index contributed by atoms with van der Waals surface area (Å²) < 4.78 is 32.8. The molecule has 338 valence electrons. The molecule has 0 aliphatic rings. The van der Waals surface area contributed by atoms with Crippen LogP contribution in [-0.2, 0) is 32.7 Å². The third-order valence-electron chi connectivity index (χ3n) is 10.4. The normalized spacial score (nSPS) is 13.8. The van der Waals surface area contributed by atoms with Gasteiger partial charge in [0.2, 0.25) is 0 Å². The summed E-state index contributed by atoms with van der Waals surface area (Å²) in [5.41, 5.74) is 0. The van der Waals surface area contributed by atoms with Crippen LogP contribution in [-0.4, -0.2) is 65.7 Å². The second-order valence-corrected chi connectivity index (χ2v) is 17.6. The Labute approximate surface area is 349 Å². The lowest BCUT2D eigenvalue weighted by Gasteiger charge is -2.20. The first-order chi connectivity index (χ1) is 27.7. The number of aliphatic hydroxyl groups excluding tert-OH is 2. The van der Waals surface area contributed by atoms with E-state index in [1.54, 1.807) is 0 Å². The van der Waals surface area contributed by atoms with Crippen LogP contribution in [0.1, 0.15) is 232 Å². The van der Waals surface area contributed by atoms with Gasteiger partial charge in [0.1, 0.15) is 12.7 Å². The molecule has 0 saturated carbocycles. The van der Waals surface area contributed by atoms with Crippen molar-refractivity contribution in [1.29, 1.82) is 0 Å². The molecule has 0 amide bonds. The zero-order chi connectivity index (χ0) is 41.9. The molecule has 0 radical (unpaired) electrons. The SMILES string of the molecule is CCCCCC/C=C/CCCCCCCCCCCC(=O)O[C@H](COC(=O)CCCCCCCCCCCCCCCCCCC)COP(=O)(O)OC[C@@H](O)CO. The lowest BCUT2D eigenvalue weighted by molar-refractivity contribution is -0.161. The first-order valence-electron chi connectivity index (χ1n) is 23.6. The fraction of sp³-hybridized carbons (Fsp3) is 0.913. The fourth-order valence-corrected chi connectivity index (χ4v) is 7.54. The van der Waals surface area contributed by atoms with Crippen molar-refractivity contribution < 1.29 is 47.8 Å². The number of phosphoric acid groups is 1. The van der Waals surface area contributed by atoms with Crippen molar-refractivity contribution in [2.75, 3.05) is 26.4 Å². The highest BCUT2D eigenvalue weighted by atomic mass is 31.2. The third kappa shape index (κ3) is 42.6. The molecule has 1 unspecified atom stereocenters. The Morgan fingerprint density at radius 3 is 1.28 bits per heavy atom. The van der Waals surface area contributed by atoms with Gasteiger partial charge in [0.25, 0.3) is 0 Å². The first-order valence-corrected chi connectivity index (χ1v) is 25.1. The largest absolute Gasteiger partial charge is 0.472 e. The molecule has 0 rings (SSSR count). The van der Waals surface area contributed by atoms with Crippen molar-refractivity contribution in [2.45, 2.75) is 244 Å². The Balaban J connectivity index is 4.20. The minimum atomic E-state index is -4.61. The van der Waals surface area contributed by atoms with E-state index >= 15 is 0 Å². The molecule has 3 N–H and O–H groups in total. The Bertz CT molecular complexity index is 961. The zero-order valence-electron chi connectivity index (χ0n) is 36.8. The fourth-order valence-electron chi connectivity index (χ4n) is 6.75. The van der Waals surface area contributed by atoms with Crippen LogP contribution in [0.25, 0.3) is 0 Å². The predicted molar refractivity (Wildman–Crippen MR) is 233 cm³/mol. The van der Waals surface area contributed by atoms with E-state index in [1.807, 2.05) is 0 Å². The van der Waals surface area contributed by atoms with Gasteiger partial charge in [-0.3, -0.25) is 18.6 Å². The average molecular weight is 833 g/mol. The van der Waals surface area contributed by atoms with Crippen molar-refractivity contribution in [3.05, 3.63) is 12.2 Å². The van der Waals surface area contributed by atoms with Gasteiger partial charge >= 0.3 is 19.8 Å². The van der Waals surface area contributed by atoms with Crippen LogP contribution in [0, 0.1) is 0 Å². The lowest BCUT2D eigenvalue weighted by atomic mass is 10.0. The highest BCUT2D eigenvalue weighted by molar-refractivity contribution is 7.47. The number of hydrogen-bond donors (Lipinski definition) is 3. The monoisotopic (exact) mass is 833 g/mol. The summed E-state index contributed by atoms with van der Waals surface area (Å²) in [6, 6.07) is 0. The lowest BCUT2D eigenvalue weighted by Crippen LogP contribution is -2.29. The third-order valence-corrected chi connectivity index (χ3v) is 11.4. The molecule has 0 aromatic rings.